The van der Waals surface area contributed by atoms with Gasteiger partial charge in [0, 0.05) is 38.4 Å². The topological polar surface area (TPSA) is 63.3 Å². The van der Waals surface area contributed by atoms with Crippen molar-refractivity contribution in [2.24, 2.45) is 0 Å². The fourth-order valence-electron chi connectivity index (χ4n) is 3.74. The number of alkyl halides is 3. The SMILES string of the molecule is COc1cc(CNC(=O)CN2CCN(c3cccc(C(F)(F)F)c3)CC2)cc(OC)c1OC. The number of piperazine rings is 1. The first kappa shape index (κ1) is 24.5. The normalized spacial score (nSPS) is 14.7. The van der Waals surface area contributed by atoms with Crippen LogP contribution in [-0.4, -0.2) is 64.9 Å². The van der Waals surface area contributed by atoms with E-state index < -0.39 is 11.7 Å². The molecule has 0 bridgehead atoms. The van der Waals surface area contributed by atoms with Crippen LogP contribution >= 0.6 is 0 Å². The van der Waals surface area contributed by atoms with Crippen molar-refractivity contribution < 1.29 is 32.2 Å². The largest absolute Gasteiger partial charge is 0.493 e. The molecular formula is C23H28F3N3O4. The minimum atomic E-state index is -4.37. The van der Waals surface area contributed by atoms with E-state index in [-0.39, 0.29) is 12.5 Å². The van der Waals surface area contributed by atoms with E-state index in [1.54, 1.807) is 18.2 Å². The van der Waals surface area contributed by atoms with Gasteiger partial charge in [-0.15, -0.1) is 0 Å². The number of rotatable bonds is 8. The standard InChI is InChI=1S/C23H28F3N3O4/c1-31-19-11-16(12-20(32-2)22(19)33-3)14-27-21(30)15-28-7-9-29(10-8-28)18-6-4-5-17(13-18)23(24,25)26/h4-6,11-13H,7-10,14-15H2,1-3H3,(H,27,30). The molecule has 1 saturated heterocycles. The zero-order valence-corrected chi connectivity index (χ0v) is 18.9. The summed E-state index contributed by atoms with van der Waals surface area (Å²) in [4.78, 5) is 16.3. The van der Waals surface area contributed by atoms with E-state index in [0.29, 0.717) is 55.7 Å². The first-order valence-electron chi connectivity index (χ1n) is 10.4. The summed E-state index contributed by atoms with van der Waals surface area (Å²) >= 11 is 0. The smallest absolute Gasteiger partial charge is 0.416 e. The number of benzene rings is 2. The van der Waals surface area contributed by atoms with Gasteiger partial charge >= 0.3 is 6.18 Å². The minimum Gasteiger partial charge on any atom is -0.493 e. The Morgan fingerprint density at radius 1 is 0.970 bits per heavy atom. The molecular weight excluding hydrogens is 439 g/mol. The summed E-state index contributed by atoms with van der Waals surface area (Å²) in [5.41, 5.74) is 0.678. The van der Waals surface area contributed by atoms with Crippen molar-refractivity contribution in [2.45, 2.75) is 12.7 Å². The predicted octanol–water partition coefficient (Wildman–Crippen LogP) is 3.17. The second kappa shape index (κ2) is 10.7. The Morgan fingerprint density at radius 3 is 2.15 bits per heavy atom. The van der Waals surface area contributed by atoms with Gasteiger partial charge < -0.3 is 24.4 Å². The number of anilines is 1. The molecule has 1 aliphatic rings. The third kappa shape index (κ3) is 6.22. The minimum absolute atomic E-state index is 0.142. The number of amides is 1. The van der Waals surface area contributed by atoms with Crippen molar-refractivity contribution in [1.82, 2.24) is 10.2 Å². The number of methoxy groups -OCH3 is 3. The Kier molecular flexibility index (Phi) is 7.91. The maximum atomic E-state index is 13.0. The molecule has 33 heavy (non-hydrogen) atoms. The number of carbonyl (C=O) groups excluding carboxylic acids is 1. The number of hydrogen-bond donors (Lipinski definition) is 1. The number of nitrogens with zero attached hydrogens (tertiary/aromatic N) is 2. The molecule has 1 aliphatic heterocycles. The van der Waals surface area contributed by atoms with Crippen LogP contribution < -0.4 is 24.4 Å². The molecule has 1 N–H and O–H groups in total. The number of hydrogen-bond acceptors (Lipinski definition) is 6. The van der Waals surface area contributed by atoms with E-state index in [1.807, 2.05) is 9.80 Å². The Balaban J connectivity index is 1.51. The van der Waals surface area contributed by atoms with E-state index in [9.17, 15) is 18.0 Å². The van der Waals surface area contributed by atoms with Crippen molar-refractivity contribution in [3.05, 3.63) is 47.5 Å². The molecule has 0 spiro atoms. The van der Waals surface area contributed by atoms with E-state index in [2.05, 4.69) is 5.32 Å². The van der Waals surface area contributed by atoms with Gasteiger partial charge in [-0.2, -0.15) is 13.2 Å². The highest BCUT2D eigenvalue weighted by molar-refractivity contribution is 5.78. The van der Waals surface area contributed by atoms with Gasteiger partial charge in [-0.1, -0.05) is 6.07 Å². The quantitative estimate of drug-likeness (QED) is 0.644. The highest BCUT2D eigenvalue weighted by Gasteiger charge is 2.31. The molecule has 180 valence electrons. The van der Waals surface area contributed by atoms with E-state index in [4.69, 9.17) is 14.2 Å². The Hall–Kier alpha value is -3.14. The summed E-state index contributed by atoms with van der Waals surface area (Å²) in [5.74, 6) is 1.35. The van der Waals surface area contributed by atoms with Crippen LogP contribution in [0.1, 0.15) is 11.1 Å². The Bertz CT molecular complexity index is 935. The van der Waals surface area contributed by atoms with Gasteiger partial charge in [-0.3, -0.25) is 9.69 Å². The van der Waals surface area contributed by atoms with Crippen molar-refractivity contribution in [1.29, 1.82) is 0 Å². The van der Waals surface area contributed by atoms with Crippen molar-refractivity contribution in [3.8, 4) is 17.2 Å². The van der Waals surface area contributed by atoms with E-state index >= 15 is 0 Å². The van der Waals surface area contributed by atoms with Gasteiger partial charge in [-0.25, -0.2) is 0 Å². The van der Waals surface area contributed by atoms with Crippen LogP contribution in [0.25, 0.3) is 0 Å². The maximum absolute atomic E-state index is 13.0. The highest BCUT2D eigenvalue weighted by Crippen LogP contribution is 2.38. The molecule has 1 heterocycles. The summed E-state index contributed by atoms with van der Waals surface area (Å²) in [5, 5.41) is 2.88. The molecule has 3 rings (SSSR count). The predicted molar refractivity (Wildman–Crippen MR) is 118 cm³/mol. The van der Waals surface area contributed by atoms with Crippen LogP contribution in [0.15, 0.2) is 36.4 Å². The van der Waals surface area contributed by atoms with Crippen LogP contribution in [0.4, 0.5) is 18.9 Å². The molecule has 1 amide bonds. The fraction of sp³-hybridized carbons (Fsp3) is 0.435. The van der Waals surface area contributed by atoms with Crippen LogP contribution in [0.3, 0.4) is 0 Å². The summed E-state index contributed by atoms with van der Waals surface area (Å²) in [7, 11) is 4.58. The number of halogens is 3. The summed E-state index contributed by atoms with van der Waals surface area (Å²) in [6, 6.07) is 8.87. The van der Waals surface area contributed by atoms with E-state index in [1.165, 1.54) is 33.5 Å². The van der Waals surface area contributed by atoms with E-state index in [0.717, 1.165) is 11.6 Å². The lowest BCUT2D eigenvalue weighted by Crippen LogP contribution is -2.49. The first-order chi connectivity index (χ1) is 15.7. The molecule has 7 nitrogen and oxygen atoms in total. The first-order valence-corrected chi connectivity index (χ1v) is 10.4. The molecule has 2 aromatic carbocycles. The lowest BCUT2D eigenvalue weighted by Gasteiger charge is -2.36. The molecule has 0 atom stereocenters. The Labute approximate surface area is 191 Å². The average Bonchev–Trinajstić information content (AvgIpc) is 2.82. The van der Waals surface area contributed by atoms with Gasteiger partial charge in [0.15, 0.2) is 11.5 Å². The average molecular weight is 467 g/mol. The van der Waals surface area contributed by atoms with Crippen molar-refractivity contribution in [2.75, 3.05) is 59.0 Å². The monoisotopic (exact) mass is 467 g/mol. The second-order valence-electron chi connectivity index (χ2n) is 7.62. The van der Waals surface area contributed by atoms with Crippen molar-refractivity contribution >= 4 is 11.6 Å². The Morgan fingerprint density at radius 2 is 1.61 bits per heavy atom. The third-order valence-corrected chi connectivity index (χ3v) is 5.49. The molecule has 0 aliphatic carbocycles. The summed E-state index contributed by atoms with van der Waals surface area (Å²) in [6.45, 7) is 2.74. The molecule has 0 unspecified atom stereocenters. The second-order valence-corrected chi connectivity index (χ2v) is 7.62. The molecule has 0 saturated carbocycles. The lowest BCUT2D eigenvalue weighted by atomic mass is 10.1. The zero-order valence-electron chi connectivity index (χ0n) is 18.9. The summed E-state index contributed by atoms with van der Waals surface area (Å²) < 4.78 is 54.9. The molecule has 10 heteroatoms. The van der Waals surface area contributed by atoms with Crippen LogP contribution in [-0.2, 0) is 17.5 Å². The van der Waals surface area contributed by atoms with Crippen molar-refractivity contribution in [3.63, 3.8) is 0 Å². The zero-order chi connectivity index (χ0) is 24.0. The maximum Gasteiger partial charge on any atom is 0.416 e. The van der Waals surface area contributed by atoms with Crippen LogP contribution in [0.5, 0.6) is 17.2 Å². The van der Waals surface area contributed by atoms with Crippen LogP contribution in [0, 0.1) is 0 Å². The van der Waals surface area contributed by atoms with Gasteiger partial charge in [0.05, 0.1) is 33.4 Å². The van der Waals surface area contributed by atoms with Gasteiger partial charge in [-0.05, 0) is 35.9 Å². The van der Waals surface area contributed by atoms with Crippen LogP contribution in [0.2, 0.25) is 0 Å². The summed E-state index contributed by atoms with van der Waals surface area (Å²) in [6.07, 6.45) is -4.37. The molecule has 1 fully saturated rings. The van der Waals surface area contributed by atoms with Gasteiger partial charge in [0.2, 0.25) is 11.7 Å². The number of carbonyl (C=O) groups is 1. The highest BCUT2D eigenvalue weighted by atomic mass is 19.4. The lowest BCUT2D eigenvalue weighted by molar-refractivity contribution is -0.137. The number of nitrogens with one attached hydrogen (secondary N) is 1. The van der Waals surface area contributed by atoms with Gasteiger partial charge in [0.25, 0.3) is 0 Å². The molecule has 0 radical (unpaired) electrons. The van der Waals surface area contributed by atoms with Gasteiger partial charge in [0.1, 0.15) is 0 Å². The molecule has 0 aromatic heterocycles. The fourth-order valence-corrected chi connectivity index (χ4v) is 3.74. The third-order valence-electron chi connectivity index (χ3n) is 5.49. The number of ether oxygens (including phenoxy) is 3. The molecule has 2 aromatic rings.